The van der Waals surface area contributed by atoms with Crippen LogP contribution in [0.5, 0.6) is 0 Å². The molecule has 34 heavy (non-hydrogen) atoms. The Bertz CT molecular complexity index is 941. The lowest BCUT2D eigenvalue weighted by Crippen LogP contribution is -2.71. The zero-order valence-corrected chi connectivity index (χ0v) is 23.0. The summed E-state index contributed by atoms with van der Waals surface area (Å²) < 4.78 is 0. The first-order valence-electron chi connectivity index (χ1n) is 14.5. The van der Waals surface area contributed by atoms with Gasteiger partial charge >= 0.3 is 5.97 Å². The van der Waals surface area contributed by atoms with Crippen molar-refractivity contribution in [2.75, 3.05) is 0 Å². The summed E-state index contributed by atoms with van der Waals surface area (Å²) in [5, 5.41) is 21.6. The van der Waals surface area contributed by atoms with E-state index in [1.807, 2.05) is 0 Å². The van der Waals surface area contributed by atoms with Crippen molar-refractivity contribution in [1.82, 2.24) is 0 Å². The predicted molar refractivity (Wildman–Crippen MR) is 135 cm³/mol. The number of carboxylic acids is 1. The second-order valence-electron chi connectivity index (χ2n) is 16.2. The Hall–Kier alpha value is -0.570. The van der Waals surface area contributed by atoms with Crippen LogP contribution in [0.3, 0.4) is 0 Å². The van der Waals surface area contributed by atoms with Crippen LogP contribution in [0.25, 0.3) is 0 Å². The molecule has 1 unspecified atom stereocenters. The van der Waals surface area contributed by atoms with Gasteiger partial charge in [0.25, 0.3) is 0 Å². The number of fused-ring (bicyclic) bond motifs is 6. The summed E-state index contributed by atoms with van der Waals surface area (Å²) in [7, 11) is 0. The smallest absolute Gasteiger partial charge is 0.309 e. The van der Waals surface area contributed by atoms with Crippen LogP contribution in [0.1, 0.15) is 126 Å². The van der Waals surface area contributed by atoms with Crippen LogP contribution < -0.4 is 0 Å². The van der Waals surface area contributed by atoms with Crippen molar-refractivity contribution in [3.63, 3.8) is 0 Å². The lowest BCUT2D eigenvalue weighted by molar-refractivity contribution is -0.288. The first-order valence-corrected chi connectivity index (χ1v) is 14.5. The van der Waals surface area contributed by atoms with Crippen LogP contribution in [0.15, 0.2) is 0 Å². The van der Waals surface area contributed by atoms with Crippen LogP contribution in [-0.4, -0.2) is 22.3 Å². The standard InChI is InChI=1S/C31H50O3/c1-24(2)12-15-30(23(33)34)16-13-25(3)20(21(30)18-24)8-10-28(6)27(25,5)14-17-31-19-26(31,4)22(32)9-11-29(28,31)7/h20-22,32H,8-19H2,1-7H3,(H,33,34)/t20?,21-,22-,25+,26+,27-,28-,29+,30-,31+/m0/s1. The summed E-state index contributed by atoms with van der Waals surface area (Å²) in [4.78, 5) is 12.9. The molecule has 0 aliphatic heterocycles. The minimum Gasteiger partial charge on any atom is -0.481 e. The molecule has 6 aliphatic carbocycles. The highest BCUT2D eigenvalue weighted by molar-refractivity contribution is 5.75. The Kier molecular flexibility index (Phi) is 4.40. The molecular weight excluding hydrogens is 420 g/mol. The van der Waals surface area contributed by atoms with E-state index in [4.69, 9.17) is 0 Å². The van der Waals surface area contributed by atoms with Crippen LogP contribution in [-0.2, 0) is 4.79 Å². The van der Waals surface area contributed by atoms with Gasteiger partial charge in [0.05, 0.1) is 11.5 Å². The average molecular weight is 471 g/mol. The van der Waals surface area contributed by atoms with E-state index >= 15 is 0 Å². The van der Waals surface area contributed by atoms with Crippen molar-refractivity contribution in [2.24, 2.45) is 55.2 Å². The first kappa shape index (κ1) is 23.8. The minimum atomic E-state index is -0.502. The molecule has 0 aromatic rings. The highest BCUT2D eigenvalue weighted by Crippen LogP contribution is 2.90. The third-order valence-electron chi connectivity index (χ3n) is 15.6. The van der Waals surface area contributed by atoms with E-state index < -0.39 is 11.4 Å². The SMILES string of the molecule is CC1(C)CC[C@]2(C(=O)O)CC[C@]3(C)C(CC[C@]4(C)[C@@]5(C)CC[C@H](O)[C@@]6(C)C[C@@]56CC[C@]43C)[C@@H]2C1. The molecule has 0 heterocycles. The number of aliphatic carboxylic acids is 1. The summed E-state index contributed by atoms with van der Waals surface area (Å²) in [6, 6.07) is 0. The largest absolute Gasteiger partial charge is 0.481 e. The van der Waals surface area contributed by atoms with Crippen LogP contribution in [0.4, 0.5) is 0 Å². The third kappa shape index (κ3) is 2.22. The summed E-state index contributed by atoms with van der Waals surface area (Å²) in [5.74, 6) is 0.336. The van der Waals surface area contributed by atoms with E-state index in [0.717, 1.165) is 44.9 Å². The van der Waals surface area contributed by atoms with Gasteiger partial charge in [0.15, 0.2) is 0 Å². The van der Waals surface area contributed by atoms with E-state index in [-0.39, 0.29) is 38.6 Å². The van der Waals surface area contributed by atoms with Gasteiger partial charge in [0, 0.05) is 5.41 Å². The molecule has 0 bridgehead atoms. The molecule has 6 rings (SSSR count). The van der Waals surface area contributed by atoms with Gasteiger partial charge in [-0.1, -0.05) is 48.5 Å². The molecule has 10 atom stereocenters. The van der Waals surface area contributed by atoms with Gasteiger partial charge in [-0.25, -0.2) is 0 Å². The highest BCUT2D eigenvalue weighted by atomic mass is 16.4. The predicted octanol–water partition coefficient (Wildman–Crippen LogP) is 7.46. The zero-order chi connectivity index (χ0) is 24.8. The van der Waals surface area contributed by atoms with Crippen molar-refractivity contribution in [2.45, 2.75) is 132 Å². The molecule has 192 valence electrons. The van der Waals surface area contributed by atoms with Gasteiger partial charge in [-0.05, 0) is 121 Å². The monoisotopic (exact) mass is 470 g/mol. The van der Waals surface area contributed by atoms with E-state index in [1.54, 1.807) is 0 Å². The Labute approximate surface area is 207 Å². The van der Waals surface area contributed by atoms with Crippen LogP contribution in [0.2, 0.25) is 0 Å². The van der Waals surface area contributed by atoms with Crippen molar-refractivity contribution in [3.8, 4) is 0 Å². The second kappa shape index (κ2) is 6.28. The Morgan fingerprint density at radius 3 is 2.00 bits per heavy atom. The number of rotatable bonds is 1. The molecule has 0 radical (unpaired) electrons. The fourth-order valence-electron chi connectivity index (χ4n) is 12.7. The summed E-state index contributed by atoms with van der Waals surface area (Å²) in [6.45, 7) is 17.7. The van der Waals surface area contributed by atoms with E-state index in [0.29, 0.717) is 17.3 Å². The molecule has 0 aromatic heterocycles. The van der Waals surface area contributed by atoms with Gasteiger partial charge in [-0.3, -0.25) is 4.79 Å². The number of aliphatic hydroxyl groups is 1. The number of hydrogen-bond donors (Lipinski definition) is 2. The molecule has 0 saturated heterocycles. The second-order valence-corrected chi connectivity index (χ2v) is 16.2. The van der Waals surface area contributed by atoms with Gasteiger partial charge < -0.3 is 10.2 Å². The van der Waals surface area contributed by atoms with Crippen molar-refractivity contribution >= 4 is 5.97 Å². The van der Waals surface area contributed by atoms with Crippen molar-refractivity contribution in [3.05, 3.63) is 0 Å². The molecule has 6 aliphatic rings. The quantitative estimate of drug-likeness (QED) is 0.418. The van der Waals surface area contributed by atoms with E-state index in [1.165, 1.54) is 32.1 Å². The Morgan fingerprint density at radius 1 is 0.676 bits per heavy atom. The average Bonchev–Trinajstić information content (AvgIpc) is 3.40. The van der Waals surface area contributed by atoms with Crippen molar-refractivity contribution in [1.29, 1.82) is 0 Å². The number of carboxylic acid groups (broad SMARTS) is 1. The first-order chi connectivity index (χ1) is 15.6. The van der Waals surface area contributed by atoms with Gasteiger partial charge in [-0.2, -0.15) is 0 Å². The molecule has 6 saturated carbocycles. The minimum absolute atomic E-state index is 0.112. The molecule has 1 spiro atoms. The number of aliphatic hydroxyl groups excluding tert-OH is 1. The lowest BCUT2D eigenvalue weighted by atomic mass is 9.27. The summed E-state index contributed by atoms with van der Waals surface area (Å²) >= 11 is 0. The van der Waals surface area contributed by atoms with Crippen LogP contribution in [0, 0.1) is 55.2 Å². The highest BCUT2D eigenvalue weighted by Gasteiger charge is 2.84. The molecule has 3 nitrogen and oxygen atoms in total. The molecule has 6 fully saturated rings. The Morgan fingerprint density at radius 2 is 1.32 bits per heavy atom. The molecule has 0 aromatic carbocycles. The third-order valence-corrected chi connectivity index (χ3v) is 15.6. The fourth-order valence-corrected chi connectivity index (χ4v) is 12.7. The number of carbonyl (C=O) groups is 1. The van der Waals surface area contributed by atoms with Gasteiger partial charge in [-0.15, -0.1) is 0 Å². The maximum atomic E-state index is 12.9. The number of hydrogen-bond acceptors (Lipinski definition) is 2. The lowest BCUT2D eigenvalue weighted by Gasteiger charge is -2.77. The van der Waals surface area contributed by atoms with E-state index in [9.17, 15) is 15.0 Å². The fraction of sp³-hybridized carbons (Fsp3) is 0.968. The van der Waals surface area contributed by atoms with Gasteiger partial charge in [0.2, 0.25) is 0 Å². The topological polar surface area (TPSA) is 57.5 Å². The molecular formula is C31H50O3. The Balaban J connectivity index is 1.44. The molecule has 0 amide bonds. The normalized spacial score (nSPS) is 61.7. The molecule has 3 heteroatoms. The maximum Gasteiger partial charge on any atom is 0.309 e. The summed E-state index contributed by atoms with van der Waals surface area (Å²) in [5.41, 5.74) is 1.11. The van der Waals surface area contributed by atoms with Gasteiger partial charge in [0.1, 0.15) is 0 Å². The van der Waals surface area contributed by atoms with Crippen molar-refractivity contribution < 1.29 is 15.0 Å². The molecule has 2 N–H and O–H groups in total. The summed E-state index contributed by atoms with van der Waals surface area (Å²) in [6.07, 6.45) is 13.1. The maximum absolute atomic E-state index is 12.9. The van der Waals surface area contributed by atoms with E-state index in [2.05, 4.69) is 48.5 Å². The zero-order valence-electron chi connectivity index (χ0n) is 23.0. The van der Waals surface area contributed by atoms with Crippen LogP contribution >= 0.6 is 0 Å².